The predicted octanol–water partition coefficient (Wildman–Crippen LogP) is 4.84. The van der Waals surface area contributed by atoms with Gasteiger partial charge in [-0.15, -0.1) is 0 Å². The van der Waals surface area contributed by atoms with Crippen LogP contribution in [-0.2, 0) is 6.42 Å². The molecule has 0 saturated carbocycles. The largest absolute Gasteiger partial charge is 0.324 e. The summed E-state index contributed by atoms with van der Waals surface area (Å²) in [7, 11) is 0. The van der Waals surface area contributed by atoms with E-state index in [9.17, 15) is 0 Å². The van der Waals surface area contributed by atoms with Gasteiger partial charge in [-0.1, -0.05) is 18.2 Å². The monoisotopic (exact) mass is 279 g/mol. The Bertz CT molecular complexity index is 696. The molecule has 0 fully saturated rings. The SMILES string of the molecule is Cc1c(C)c(C)c(-c2cccc3c2CCC3N)c(C)c1C. The van der Waals surface area contributed by atoms with Crippen molar-refractivity contribution < 1.29 is 0 Å². The van der Waals surface area contributed by atoms with E-state index < -0.39 is 0 Å². The van der Waals surface area contributed by atoms with Gasteiger partial charge in [0.2, 0.25) is 0 Å². The van der Waals surface area contributed by atoms with E-state index in [-0.39, 0.29) is 6.04 Å². The molecule has 0 aliphatic heterocycles. The number of fused-ring (bicyclic) bond motifs is 1. The Morgan fingerprint density at radius 2 is 1.43 bits per heavy atom. The molecule has 1 aliphatic rings. The van der Waals surface area contributed by atoms with Gasteiger partial charge in [0.15, 0.2) is 0 Å². The summed E-state index contributed by atoms with van der Waals surface area (Å²) in [5.41, 5.74) is 19.0. The molecule has 2 N–H and O–H groups in total. The Balaban J connectivity index is 2.33. The van der Waals surface area contributed by atoms with E-state index in [0.717, 1.165) is 12.8 Å². The number of hydrogen-bond acceptors (Lipinski definition) is 1. The van der Waals surface area contributed by atoms with Crippen LogP contribution in [0.25, 0.3) is 11.1 Å². The third-order valence-corrected chi connectivity index (χ3v) is 5.59. The fourth-order valence-corrected chi connectivity index (χ4v) is 3.82. The molecule has 1 atom stereocenters. The molecule has 2 aromatic carbocycles. The molecule has 0 radical (unpaired) electrons. The first-order valence-electron chi connectivity index (χ1n) is 7.88. The van der Waals surface area contributed by atoms with Gasteiger partial charge in [0.1, 0.15) is 0 Å². The highest BCUT2D eigenvalue weighted by atomic mass is 14.6. The fourth-order valence-electron chi connectivity index (χ4n) is 3.82. The summed E-state index contributed by atoms with van der Waals surface area (Å²) in [6, 6.07) is 6.87. The number of hydrogen-bond donors (Lipinski definition) is 1. The Hall–Kier alpha value is -1.60. The second kappa shape index (κ2) is 4.99. The van der Waals surface area contributed by atoms with Gasteiger partial charge in [-0.05, 0) is 97.5 Å². The van der Waals surface area contributed by atoms with Crippen molar-refractivity contribution in [2.75, 3.05) is 0 Å². The zero-order valence-electron chi connectivity index (χ0n) is 13.8. The topological polar surface area (TPSA) is 26.0 Å². The molecular formula is C20H25N. The maximum atomic E-state index is 6.25. The summed E-state index contributed by atoms with van der Waals surface area (Å²) < 4.78 is 0. The summed E-state index contributed by atoms with van der Waals surface area (Å²) in [4.78, 5) is 0. The molecule has 3 rings (SSSR count). The van der Waals surface area contributed by atoms with Crippen molar-refractivity contribution in [2.24, 2.45) is 5.73 Å². The maximum Gasteiger partial charge on any atom is 0.0300 e. The Morgan fingerprint density at radius 1 is 0.857 bits per heavy atom. The van der Waals surface area contributed by atoms with Gasteiger partial charge in [0, 0.05) is 6.04 Å². The van der Waals surface area contributed by atoms with E-state index in [1.165, 1.54) is 50.1 Å². The highest BCUT2D eigenvalue weighted by Crippen LogP contribution is 2.41. The van der Waals surface area contributed by atoms with Crippen LogP contribution >= 0.6 is 0 Å². The van der Waals surface area contributed by atoms with Gasteiger partial charge >= 0.3 is 0 Å². The lowest BCUT2D eigenvalue weighted by Gasteiger charge is -2.21. The Kier molecular flexibility index (Phi) is 3.41. The van der Waals surface area contributed by atoms with Gasteiger partial charge in [0.05, 0.1) is 0 Å². The minimum absolute atomic E-state index is 0.216. The molecule has 0 spiro atoms. The molecule has 1 aliphatic carbocycles. The fraction of sp³-hybridized carbons (Fsp3) is 0.400. The molecule has 0 amide bonds. The van der Waals surface area contributed by atoms with Gasteiger partial charge < -0.3 is 5.73 Å². The lowest BCUT2D eigenvalue weighted by Crippen LogP contribution is -2.05. The first kappa shape index (κ1) is 14.3. The molecule has 110 valence electrons. The number of benzene rings is 2. The Morgan fingerprint density at radius 3 is 2.05 bits per heavy atom. The van der Waals surface area contributed by atoms with Crippen molar-refractivity contribution in [1.29, 1.82) is 0 Å². The van der Waals surface area contributed by atoms with E-state index in [4.69, 9.17) is 5.73 Å². The first-order valence-corrected chi connectivity index (χ1v) is 7.88. The highest BCUT2D eigenvalue weighted by molar-refractivity contribution is 5.78. The molecule has 1 unspecified atom stereocenters. The van der Waals surface area contributed by atoms with Crippen LogP contribution in [0.3, 0.4) is 0 Å². The molecule has 21 heavy (non-hydrogen) atoms. The third-order valence-electron chi connectivity index (χ3n) is 5.59. The molecule has 0 bridgehead atoms. The van der Waals surface area contributed by atoms with Crippen molar-refractivity contribution in [3.8, 4) is 11.1 Å². The maximum absolute atomic E-state index is 6.25. The summed E-state index contributed by atoms with van der Waals surface area (Å²) in [5, 5.41) is 0. The van der Waals surface area contributed by atoms with Crippen molar-refractivity contribution in [3.63, 3.8) is 0 Å². The van der Waals surface area contributed by atoms with E-state index in [1.54, 1.807) is 0 Å². The van der Waals surface area contributed by atoms with Gasteiger partial charge in [-0.25, -0.2) is 0 Å². The summed E-state index contributed by atoms with van der Waals surface area (Å²) in [6.07, 6.45) is 2.19. The molecule has 2 aromatic rings. The van der Waals surface area contributed by atoms with E-state index in [2.05, 4.69) is 52.8 Å². The van der Waals surface area contributed by atoms with Crippen LogP contribution in [0.1, 0.15) is 51.4 Å². The van der Waals surface area contributed by atoms with Crippen LogP contribution in [-0.4, -0.2) is 0 Å². The van der Waals surface area contributed by atoms with Crippen LogP contribution in [0.4, 0.5) is 0 Å². The smallest absolute Gasteiger partial charge is 0.0300 e. The van der Waals surface area contributed by atoms with Crippen LogP contribution in [0.5, 0.6) is 0 Å². The van der Waals surface area contributed by atoms with Gasteiger partial charge in [-0.2, -0.15) is 0 Å². The van der Waals surface area contributed by atoms with Crippen molar-refractivity contribution in [1.82, 2.24) is 0 Å². The van der Waals surface area contributed by atoms with E-state index in [1.807, 2.05) is 0 Å². The van der Waals surface area contributed by atoms with Crippen LogP contribution in [0.15, 0.2) is 18.2 Å². The lowest BCUT2D eigenvalue weighted by molar-refractivity contribution is 0.713. The average Bonchev–Trinajstić information content (AvgIpc) is 2.86. The number of rotatable bonds is 1. The standard InChI is InChI=1S/C20H25N/c1-11-12(2)14(4)20(15(5)13(11)3)18-8-6-7-17-16(18)9-10-19(17)21/h6-8,19H,9-10,21H2,1-5H3. The van der Waals surface area contributed by atoms with Crippen molar-refractivity contribution >= 4 is 0 Å². The average molecular weight is 279 g/mol. The van der Waals surface area contributed by atoms with Crippen LogP contribution in [0.2, 0.25) is 0 Å². The van der Waals surface area contributed by atoms with Crippen LogP contribution in [0, 0.1) is 34.6 Å². The second-order valence-corrected chi connectivity index (χ2v) is 6.52. The van der Waals surface area contributed by atoms with Crippen molar-refractivity contribution in [3.05, 3.63) is 57.1 Å². The molecule has 0 aromatic heterocycles. The quantitative estimate of drug-likeness (QED) is 0.794. The lowest BCUT2D eigenvalue weighted by atomic mass is 9.84. The van der Waals surface area contributed by atoms with E-state index in [0.29, 0.717) is 0 Å². The first-order chi connectivity index (χ1) is 9.93. The molecule has 0 heterocycles. The van der Waals surface area contributed by atoms with Crippen molar-refractivity contribution in [2.45, 2.75) is 53.5 Å². The zero-order chi connectivity index (χ0) is 15.3. The minimum atomic E-state index is 0.216. The van der Waals surface area contributed by atoms with Gasteiger partial charge in [0.25, 0.3) is 0 Å². The van der Waals surface area contributed by atoms with Gasteiger partial charge in [-0.3, -0.25) is 0 Å². The molecule has 1 heteroatoms. The Labute approximate surface area is 128 Å². The molecule has 1 nitrogen and oxygen atoms in total. The van der Waals surface area contributed by atoms with E-state index >= 15 is 0 Å². The summed E-state index contributed by atoms with van der Waals surface area (Å²) in [6.45, 7) is 11.3. The summed E-state index contributed by atoms with van der Waals surface area (Å²) in [5.74, 6) is 0. The molecule has 0 saturated heterocycles. The second-order valence-electron chi connectivity index (χ2n) is 6.52. The minimum Gasteiger partial charge on any atom is -0.324 e. The number of nitrogens with two attached hydrogens (primary N) is 1. The summed E-state index contributed by atoms with van der Waals surface area (Å²) >= 11 is 0. The highest BCUT2D eigenvalue weighted by Gasteiger charge is 2.24. The zero-order valence-corrected chi connectivity index (χ0v) is 13.8. The predicted molar refractivity (Wildman–Crippen MR) is 90.8 cm³/mol. The molecular weight excluding hydrogens is 254 g/mol. The third kappa shape index (κ3) is 2.03. The normalized spacial score (nSPS) is 17.1. The van der Waals surface area contributed by atoms with Crippen LogP contribution < -0.4 is 5.73 Å².